The van der Waals surface area contributed by atoms with Gasteiger partial charge in [-0.2, -0.15) is 0 Å². The number of nitrogens with one attached hydrogen (secondary N) is 1. The molecule has 1 amide bonds. The lowest BCUT2D eigenvalue weighted by Gasteiger charge is -2.17. The number of carbonyl (C=O) groups excluding carboxylic acids is 1. The molecule has 0 unspecified atom stereocenters. The van der Waals surface area contributed by atoms with Crippen LogP contribution in [0.5, 0.6) is 0 Å². The van der Waals surface area contributed by atoms with Gasteiger partial charge in [0, 0.05) is 12.5 Å². The van der Waals surface area contributed by atoms with Gasteiger partial charge in [-0.1, -0.05) is 12.5 Å². The minimum Gasteiger partial charge on any atom is -0.352 e. The second-order valence-electron chi connectivity index (χ2n) is 5.00. The first-order valence-electron chi connectivity index (χ1n) is 6.53. The van der Waals surface area contributed by atoms with Crippen LogP contribution in [0, 0.1) is 23.5 Å². The van der Waals surface area contributed by atoms with Crippen LogP contribution in [0.3, 0.4) is 0 Å². The molecule has 2 rings (SSSR count). The average Bonchev–Trinajstić information content (AvgIpc) is 2.88. The van der Waals surface area contributed by atoms with E-state index in [1.807, 2.05) is 0 Å². The summed E-state index contributed by atoms with van der Waals surface area (Å²) in [6.07, 6.45) is 2.86. The molecule has 3 nitrogen and oxygen atoms in total. The Balaban J connectivity index is 1.91. The van der Waals surface area contributed by atoms with Crippen LogP contribution in [0.2, 0.25) is 0 Å². The molecule has 1 fully saturated rings. The SMILES string of the molecule is NC[C@H]1CCC[C@H]1C(=O)NCc1ccc(F)c(F)c1. The third-order valence-electron chi connectivity index (χ3n) is 3.75. The van der Waals surface area contributed by atoms with E-state index in [0.717, 1.165) is 31.4 Å². The van der Waals surface area contributed by atoms with Gasteiger partial charge in [0.25, 0.3) is 0 Å². The molecule has 0 bridgehead atoms. The Labute approximate surface area is 111 Å². The highest BCUT2D eigenvalue weighted by molar-refractivity contribution is 5.79. The second-order valence-corrected chi connectivity index (χ2v) is 5.00. The van der Waals surface area contributed by atoms with Crippen molar-refractivity contribution in [1.82, 2.24) is 5.32 Å². The van der Waals surface area contributed by atoms with E-state index in [9.17, 15) is 13.6 Å². The Morgan fingerprint density at radius 3 is 2.79 bits per heavy atom. The van der Waals surface area contributed by atoms with Crippen LogP contribution < -0.4 is 11.1 Å². The molecule has 1 aromatic carbocycles. The molecule has 1 aromatic rings. The normalized spacial score (nSPS) is 22.5. The zero-order valence-electron chi connectivity index (χ0n) is 10.7. The Morgan fingerprint density at radius 2 is 2.11 bits per heavy atom. The Hall–Kier alpha value is -1.49. The highest BCUT2D eigenvalue weighted by Crippen LogP contribution is 2.30. The van der Waals surface area contributed by atoms with E-state index in [-0.39, 0.29) is 24.3 Å². The molecule has 1 saturated carbocycles. The van der Waals surface area contributed by atoms with Crippen LogP contribution in [-0.4, -0.2) is 12.5 Å². The van der Waals surface area contributed by atoms with E-state index in [0.29, 0.717) is 12.1 Å². The molecule has 104 valence electrons. The summed E-state index contributed by atoms with van der Waals surface area (Å²) in [5.74, 6) is -1.63. The van der Waals surface area contributed by atoms with E-state index in [2.05, 4.69) is 5.32 Å². The van der Waals surface area contributed by atoms with Gasteiger partial charge in [0.05, 0.1) is 0 Å². The van der Waals surface area contributed by atoms with Gasteiger partial charge in [-0.3, -0.25) is 4.79 Å². The van der Waals surface area contributed by atoms with Gasteiger partial charge in [0.1, 0.15) is 0 Å². The van der Waals surface area contributed by atoms with Gasteiger partial charge in [-0.25, -0.2) is 8.78 Å². The maximum atomic E-state index is 13.0. The molecule has 0 spiro atoms. The molecule has 2 atom stereocenters. The number of rotatable bonds is 4. The van der Waals surface area contributed by atoms with Crippen molar-refractivity contribution in [3.63, 3.8) is 0 Å². The summed E-state index contributed by atoms with van der Waals surface area (Å²) in [6.45, 7) is 0.729. The summed E-state index contributed by atoms with van der Waals surface area (Å²) in [5, 5.41) is 2.77. The standard InChI is InChI=1S/C14H18F2N2O/c15-12-5-4-9(6-13(12)16)8-18-14(19)11-3-1-2-10(11)7-17/h4-6,10-11H,1-3,7-8,17H2,(H,18,19)/t10-,11-/m1/s1. The van der Waals surface area contributed by atoms with Gasteiger partial charge < -0.3 is 11.1 Å². The lowest BCUT2D eigenvalue weighted by molar-refractivity contribution is -0.126. The molecule has 3 N–H and O–H groups in total. The number of carbonyl (C=O) groups is 1. The third-order valence-corrected chi connectivity index (χ3v) is 3.75. The van der Waals surface area contributed by atoms with Crippen molar-refractivity contribution in [3.05, 3.63) is 35.4 Å². The van der Waals surface area contributed by atoms with Crippen molar-refractivity contribution in [2.75, 3.05) is 6.54 Å². The summed E-state index contributed by atoms with van der Waals surface area (Å²) in [4.78, 5) is 12.0. The number of nitrogens with two attached hydrogens (primary N) is 1. The van der Waals surface area contributed by atoms with Gasteiger partial charge in [-0.15, -0.1) is 0 Å². The van der Waals surface area contributed by atoms with Crippen LogP contribution in [0.4, 0.5) is 8.78 Å². The number of halogens is 2. The maximum Gasteiger partial charge on any atom is 0.223 e. The van der Waals surface area contributed by atoms with Crippen molar-refractivity contribution in [2.45, 2.75) is 25.8 Å². The Morgan fingerprint density at radius 1 is 1.32 bits per heavy atom. The molecule has 1 aliphatic rings. The predicted molar refractivity (Wildman–Crippen MR) is 68.1 cm³/mol. The molecule has 19 heavy (non-hydrogen) atoms. The van der Waals surface area contributed by atoms with E-state index < -0.39 is 11.6 Å². The van der Waals surface area contributed by atoms with Crippen LogP contribution in [0.25, 0.3) is 0 Å². The van der Waals surface area contributed by atoms with Crippen LogP contribution in [-0.2, 0) is 11.3 Å². The molecule has 0 aliphatic heterocycles. The summed E-state index contributed by atoms with van der Waals surface area (Å²) in [5.41, 5.74) is 6.19. The fourth-order valence-corrected chi connectivity index (χ4v) is 2.63. The van der Waals surface area contributed by atoms with Crippen molar-refractivity contribution >= 4 is 5.91 Å². The van der Waals surface area contributed by atoms with Gasteiger partial charge in [-0.05, 0) is 43.0 Å². The summed E-state index contributed by atoms with van der Waals surface area (Å²) in [7, 11) is 0. The zero-order chi connectivity index (χ0) is 13.8. The molecule has 0 aromatic heterocycles. The quantitative estimate of drug-likeness (QED) is 0.877. The van der Waals surface area contributed by atoms with E-state index in [1.54, 1.807) is 0 Å². The Bertz CT molecular complexity index is 465. The predicted octanol–water partition coefficient (Wildman–Crippen LogP) is 1.96. The molecular formula is C14H18F2N2O. The van der Waals surface area contributed by atoms with Crippen LogP contribution in [0.15, 0.2) is 18.2 Å². The lowest BCUT2D eigenvalue weighted by atomic mass is 9.95. The van der Waals surface area contributed by atoms with Crippen LogP contribution in [0.1, 0.15) is 24.8 Å². The smallest absolute Gasteiger partial charge is 0.223 e. The first-order chi connectivity index (χ1) is 9.11. The van der Waals surface area contributed by atoms with E-state index in [1.165, 1.54) is 6.07 Å². The largest absolute Gasteiger partial charge is 0.352 e. The van der Waals surface area contributed by atoms with Gasteiger partial charge in [0.15, 0.2) is 11.6 Å². The summed E-state index contributed by atoms with van der Waals surface area (Å²) in [6, 6.07) is 3.63. The minimum atomic E-state index is -0.896. The van der Waals surface area contributed by atoms with Crippen molar-refractivity contribution < 1.29 is 13.6 Å². The third kappa shape index (κ3) is 3.29. The number of amides is 1. The second kappa shape index (κ2) is 6.10. The first-order valence-corrected chi connectivity index (χ1v) is 6.53. The monoisotopic (exact) mass is 268 g/mol. The van der Waals surface area contributed by atoms with Crippen molar-refractivity contribution in [2.24, 2.45) is 17.6 Å². The first kappa shape index (κ1) is 13.9. The zero-order valence-corrected chi connectivity index (χ0v) is 10.7. The molecule has 0 saturated heterocycles. The van der Waals surface area contributed by atoms with Gasteiger partial charge in [0.2, 0.25) is 5.91 Å². The maximum absolute atomic E-state index is 13.0. The number of hydrogen-bond donors (Lipinski definition) is 2. The van der Waals surface area contributed by atoms with E-state index >= 15 is 0 Å². The average molecular weight is 268 g/mol. The Kier molecular flexibility index (Phi) is 4.47. The van der Waals surface area contributed by atoms with Crippen LogP contribution >= 0.6 is 0 Å². The highest BCUT2D eigenvalue weighted by atomic mass is 19.2. The molecule has 0 heterocycles. The summed E-state index contributed by atoms with van der Waals surface area (Å²) < 4.78 is 25.8. The fourth-order valence-electron chi connectivity index (χ4n) is 2.63. The molecule has 1 aliphatic carbocycles. The summed E-state index contributed by atoms with van der Waals surface area (Å²) >= 11 is 0. The minimum absolute atomic E-state index is 0.0438. The number of benzene rings is 1. The molecular weight excluding hydrogens is 250 g/mol. The van der Waals surface area contributed by atoms with E-state index in [4.69, 9.17) is 5.73 Å². The molecule has 0 radical (unpaired) electrons. The highest BCUT2D eigenvalue weighted by Gasteiger charge is 2.31. The number of hydrogen-bond acceptors (Lipinski definition) is 2. The van der Waals surface area contributed by atoms with Gasteiger partial charge >= 0.3 is 0 Å². The fraction of sp³-hybridized carbons (Fsp3) is 0.500. The van der Waals surface area contributed by atoms with Crippen molar-refractivity contribution in [1.29, 1.82) is 0 Å². The topological polar surface area (TPSA) is 55.1 Å². The molecule has 5 heteroatoms. The lowest BCUT2D eigenvalue weighted by Crippen LogP contribution is -2.34. The van der Waals surface area contributed by atoms with Crippen molar-refractivity contribution in [3.8, 4) is 0 Å².